The molecule has 86 valence electrons. The molecule has 0 spiro atoms. The zero-order valence-corrected chi connectivity index (χ0v) is 9.16. The average molecular weight is 230 g/mol. The van der Waals surface area contributed by atoms with Gasteiger partial charge in [-0.3, -0.25) is 10.1 Å². The number of aryl methyl sites for hydroxylation is 1. The maximum absolute atomic E-state index is 10.9. The van der Waals surface area contributed by atoms with Crippen LogP contribution >= 0.6 is 0 Å². The first-order chi connectivity index (χ1) is 8.18. The van der Waals surface area contributed by atoms with Gasteiger partial charge in [0.2, 0.25) is 0 Å². The van der Waals surface area contributed by atoms with Crippen LogP contribution in [0.1, 0.15) is 5.56 Å². The Bertz CT molecular complexity index is 541. The minimum atomic E-state index is -0.486. The molecule has 0 amide bonds. The molecule has 2 rings (SSSR count). The van der Waals surface area contributed by atoms with Crippen molar-refractivity contribution in [3.05, 3.63) is 58.3 Å². The minimum absolute atomic E-state index is 0.0150. The maximum atomic E-state index is 10.9. The third-order valence-electron chi connectivity index (χ3n) is 2.23. The third kappa shape index (κ3) is 2.39. The van der Waals surface area contributed by atoms with E-state index in [-0.39, 0.29) is 11.6 Å². The van der Waals surface area contributed by atoms with Crippen LogP contribution in [0, 0.1) is 17.0 Å². The van der Waals surface area contributed by atoms with Gasteiger partial charge in [0.1, 0.15) is 5.75 Å². The van der Waals surface area contributed by atoms with Crippen LogP contribution in [0.5, 0.6) is 11.6 Å². The zero-order valence-electron chi connectivity index (χ0n) is 9.16. The number of para-hydroxylation sites is 1. The van der Waals surface area contributed by atoms with Crippen molar-refractivity contribution in [2.75, 3.05) is 0 Å². The van der Waals surface area contributed by atoms with E-state index in [1.165, 1.54) is 6.20 Å². The van der Waals surface area contributed by atoms with E-state index in [0.717, 1.165) is 0 Å². The van der Waals surface area contributed by atoms with Crippen molar-refractivity contribution in [1.82, 2.24) is 4.98 Å². The Labute approximate surface area is 97.8 Å². The normalized spacial score (nSPS) is 9.94. The highest BCUT2D eigenvalue weighted by molar-refractivity contribution is 5.48. The van der Waals surface area contributed by atoms with Gasteiger partial charge in [-0.05, 0) is 25.1 Å². The van der Waals surface area contributed by atoms with Crippen molar-refractivity contribution in [2.45, 2.75) is 6.92 Å². The highest BCUT2D eigenvalue weighted by atomic mass is 16.6. The first kappa shape index (κ1) is 11.1. The van der Waals surface area contributed by atoms with Gasteiger partial charge in [0.25, 0.3) is 5.88 Å². The summed E-state index contributed by atoms with van der Waals surface area (Å²) in [5.74, 6) is 0.537. The molecule has 0 atom stereocenters. The second-order valence-corrected chi connectivity index (χ2v) is 3.45. The van der Waals surface area contributed by atoms with Crippen molar-refractivity contribution < 1.29 is 9.66 Å². The number of ether oxygens (including phenoxy) is 1. The van der Waals surface area contributed by atoms with E-state index in [1.807, 2.05) is 6.07 Å². The predicted molar refractivity (Wildman–Crippen MR) is 62.1 cm³/mol. The molecule has 1 aromatic heterocycles. The van der Waals surface area contributed by atoms with Gasteiger partial charge in [0, 0.05) is 11.8 Å². The number of pyridine rings is 1. The molecule has 5 heteroatoms. The van der Waals surface area contributed by atoms with Crippen LogP contribution in [0.25, 0.3) is 0 Å². The zero-order chi connectivity index (χ0) is 12.3. The molecule has 0 aliphatic heterocycles. The van der Waals surface area contributed by atoms with E-state index in [9.17, 15) is 10.1 Å². The molecule has 2 aromatic rings. The molecule has 0 saturated carbocycles. The van der Waals surface area contributed by atoms with Crippen molar-refractivity contribution >= 4 is 5.69 Å². The van der Waals surface area contributed by atoms with Gasteiger partial charge in [-0.15, -0.1) is 0 Å². The summed E-state index contributed by atoms with van der Waals surface area (Å²) >= 11 is 0. The summed E-state index contributed by atoms with van der Waals surface area (Å²) in [6.07, 6.45) is 1.49. The molecular weight excluding hydrogens is 220 g/mol. The SMILES string of the molecule is Cc1ccnc(Oc2ccccc2)c1[N+](=O)[O-]. The van der Waals surface area contributed by atoms with Gasteiger partial charge in [-0.1, -0.05) is 18.2 Å². The third-order valence-corrected chi connectivity index (χ3v) is 2.23. The Morgan fingerprint density at radius 2 is 1.94 bits per heavy atom. The van der Waals surface area contributed by atoms with Crippen molar-refractivity contribution in [2.24, 2.45) is 0 Å². The smallest absolute Gasteiger partial charge is 0.334 e. The van der Waals surface area contributed by atoms with Gasteiger partial charge in [-0.2, -0.15) is 0 Å². The molecule has 0 radical (unpaired) electrons. The van der Waals surface area contributed by atoms with Gasteiger partial charge >= 0.3 is 5.69 Å². The number of rotatable bonds is 3. The first-order valence-corrected chi connectivity index (χ1v) is 5.01. The molecule has 0 unspecified atom stereocenters. The fourth-order valence-corrected chi connectivity index (χ4v) is 1.42. The van der Waals surface area contributed by atoms with Crippen molar-refractivity contribution in [3.8, 4) is 11.6 Å². The molecular formula is C12H10N2O3. The molecule has 0 aliphatic rings. The van der Waals surface area contributed by atoms with Crippen LogP contribution in [0.15, 0.2) is 42.6 Å². The fourth-order valence-electron chi connectivity index (χ4n) is 1.42. The van der Waals surface area contributed by atoms with E-state index in [4.69, 9.17) is 4.74 Å². The maximum Gasteiger partial charge on any atom is 0.334 e. The first-order valence-electron chi connectivity index (χ1n) is 5.01. The standard InChI is InChI=1S/C12H10N2O3/c1-9-7-8-13-12(11(9)14(15)16)17-10-5-3-2-4-6-10/h2-8H,1H3. The van der Waals surface area contributed by atoms with Crippen molar-refractivity contribution in [1.29, 1.82) is 0 Å². The largest absolute Gasteiger partial charge is 0.434 e. The van der Waals surface area contributed by atoms with Gasteiger partial charge in [-0.25, -0.2) is 4.98 Å². The van der Waals surface area contributed by atoms with E-state index in [1.54, 1.807) is 37.3 Å². The quantitative estimate of drug-likeness (QED) is 0.600. The summed E-state index contributed by atoms with van der Waals surface area (Å²) in [5.41, 5.74) is 0.423. The predicted octanol–water partition coefficient (Wildman–Crippen LogP) is 3.09. The molecule has 0 N–H and O–H groups in total. The van der Waals surface area contributed by atoms with Crippen molar-refractivity contribution in [3.63, 3.8) is 0 Å². The Morgan fingerprint density at radius 3 is 2.59 bits per heavy atom. The average Bonchev–Trinajstić information content (AvgIpc) is 2.30. The minimum Gasteiger partial charge on any atom is -0.434 e. The van der Waals surface area contributed by atoms with Crippen LogP contribution in [0.3, 0.4) is 0 Å². The Morgan fingerprint density at radius 1 is 1.24 bits per heavy atom. The van der Waals surface area contributed by atoms with Crippen LogP contribution in [0.2, 0.25) is 0 Å². The second kappa shape index (κ2) is 4.61. The number of aromatic nitrogens is 1. The summed E-state index contributed by atoms with van der Waals surface area (Å²) in [4.78, 5) is 14.3. The summed E-state index contributed by atoms with van der Waals surface area (Å²) in [5, 5.41) is 10.9. The molecule has 17 heavy (non-hydrogen) atoms. The Hall–Kier alpha value is -2.43. The lowest BCUT2D eigenvalue weighted by atomic mass is 10.2. The fraction of sp³-hybridized carbons (Fsp3) is 0.0833. The molecule has 5 nitrogen and oxygen atoms in total. The van der Waals surface area contributed by atoms with Crippen LogP contribution in [0.4, 0.5) is 5.69 Å². The Kier molecular flexibility index (Phi) is 3.00. The van der Waals surface area contributed by atoms with Crippen LogP contribution in [-0.2, 0) is 0 Å². The lowest BCUT2D eigenvalue weighted by Crippen LogP contribution is -1.98. The number of hydrogen-bond acceptors (Lipinski definition) is 4. The van der Waals surface area contributed by atoms with Gasteiger partial charge in [0.05, 0.1) is 4.92 Å². The second-order valence-electron chi connectivity index (χ2n) is 3.45. The molecule has 0 saturated heterocycles. The summed E-state index contributed by atoms with van der Waals surface area (Å²) in [7, 11) is 0. The van der Waals surface area contributed by atoms with Crippen LogP contribution < -0.4 is 4.74 Å². The van der Waals surface area contributed by atoms with E-state index in [2.05, 4.69) is 4.98 Å². The van der Waals surface area contributed by atoms with Crippen LogP contribution in [-0.4, -0.2) is 9.91 Å². The van der Waals surface area contributed by atoms with E-state index < -0.39 is 4.92 Å². The topological polar surface area (TPSA) is 65.3 Å². The molecule has 0 fully saturated rings. The monoisotopic (exact) mass is 230 g/mol. The Balaban J connectivity index is 2.40. The lowest BCUT2D eigenvalue weighted by molar-refractivity contribution is -0.386. The van der Waals surface area contributed by atoms with E-state index >= 15 is 0 Å². The number of hydrogen-bond donors (Lipinski definition) is 0. The molecule has 0 aliphatic carbocycles. The van der Waals surface area contributed by atoms with E-state index in [0.29, 0.717) is 11.3 Å². The number of nitrogens with zero attached hydrogens (tertiary/aromatic N) is 2. The highest BCUT2D eigenvalue weighted by Gasteiger charge is 2.20. The summed E-state index contributed by atoms with van der Waals surface area (Å²) < 4.78 is 5.40. The van der Waals surface area contributed by atoms with Gasteiger partial charge < -0.3 is 4.74 Å². The molecule has 0 bridgehead atoms. The molecule has 1 heterocycles. The number of nitro groups is 1. The molecule has 1 aromatic carbocycles. The summed E-state index contributed by atoms with van der Waals surface area (Å²) in [6.45, 7) is 1.65. The highest BCUT2D eigenvalue weighted by Crippen LogP contribution is 2.31. The lowest BCUT2D eigenvalue weighted by Gasteiger charge is -2.05. The number of benzene rings is 1. The summed E-state index contributed by atoms with van der Waals surface area (Å²) in [6, 6.07) is 10.4. The van der Waals surface area contributed by atoms with Gasteiger partial charge in [0.15, 0.2) is 0 Å².